The lowest BCUT2D eigenvalue weighted by Gasteiger charge is -2.29. The lowest BCUT2D eigenvalue weighted by Crippen LogP contribution is -2.42. The molecule has 0 spiro atoms. The third kappa shape index (κ3) is 3.81. The van der Waals surface area contributed by atoms with Gasteiger partial charge < -0.3 is 15.8 Å². The second-order valence-electron chi connectivity index (χ2n) is 4.70. The van der Waals surface area contributed by atoms with Crippen LogP contribution in [-0.2, 0) is 4.74 Å². The first-order valence-electron chi connectivity index (χ1n) is 6.42. The fourth-order valence-electron chi connectivity index (χ4n) is 2.11. The number of anilines is 2. The van der Waals surface area contributed by atoms with E-state index in [1.54, 1.807) is 12.1 Å². The second-order valence-corrected chi connectivity index (χ2v) is 4.70. The molecular formula is C13H19N5O. The lowest BCUT2D eigenvalue weighted by molar-refractivity contribution is 0.0368. The summed E-state index contributed by atoms with van der Waals surface area (Å²) in [5.41, 5.74) is 6.32. The van der Waals surface area contributed by atoms with Gasteiger partial charge in [0.25, 0.3) is 0 Å². The molecule has 1 fully saturated rings. The summed E-state index contributed by atoms with van der Waals surface area (Å²) in [7, 11) is 0. The third-order valence-corrected chi connectivity index (χ3v) is 3.06. The van der Waals surface area contributed by atoms with Gasteiger partial charge in [0.1, 0.15) is 11.9 Å². The van der Waals surface area contributed by atoms with Crippen LogP contribution >= 0.6 is 0 Å². The van der Waals surface area contributed by atoms with E-state index in [1.807, 2.05) is 6.07 Å². The molecule has 0 amide bonds. The molecule has 102 valence electrons. The number of pyridine rings is 1. The number of nitrogen functional groups attached to an aromatic ring is 1. The number of morpholine rings is 1. The standard InChI is InChI=1S/C13H19N5O/c1-10(9-18-4-6-19-7-5-18)16-13-3-2-11(15)12(8-14)17-13/h2-3,10H,4-7,9,15H2,1H3,(H,16,17). The van der Waals surface area contributed by atoms with Crippen molar-refractivity contribution in [1.29, 1.82) is 5.26 Å². The predicted octanol–water partition coefficient (Wildman–Crippen LogP) is 0.668. The molecule has 6 heteroatoms. The maximum absolute atomic E-state index is 8.90. The number of hydrogen-bond acceptors (Lipinski definition) is 6. The molecule has 19 heavy (non-hydrogen) atoms. The van der Waals surface area contributed by atoms with Gasteiger partial charge in [-0.3, -0.25) is 4.90 Å². The molecule has 1 aromatic rings. The molecule has 0 radical (unpaired) electrons. The lowest BCUT2D eigenvalue weighted by atomic mass is 10.2. The topological polar surface area (TPSA) is 87.2 Å². The van der Waals surface area contributed by atoms with E-state index in [1.165, 1.54) is 0 Å². The van der Waals surface area contributed by atoms with Gasteiger partial charge in [0, 0.05) is 25.7 Å². The summed E-state index contributed by atoms with van der Waals surface area (Å²) >= 11 is 0. The maximum atomic E-state index is 8.90. The average Bonchev–Trinajstić information content (AvgIpc) is 2.42. The highest BCUT2D eigenvalue weighted by Crippen LogP contribution is 2.13. The highest BCUT2D eigenvalue weighted by Gasteiger charge is 2.14. The zero-order chi connectivity index (χ0) is 13.7. The SMILES string of the molecule is CC(CN1CCOCC1)Nc1ccc(N)c(C#N)n1. The first-order chi connectivity index (χ1) is 9.19. The Kier molecular flexibility index (Phi) is 4.55. The Morgan fingerprint density at radius 3 is 2.95 bits per heavy atom. The zero-order valence-electron chi connectivity index (χ0n) is 11.1. The van der Waals surface area contributed by atoms with E-state index in [-0.39, 0.29) is 11.7 Å². The van der Waals surface area contributed by atoms with Crippen LogP contribution in [0.5, 0.6) is 0 Å². The fourth-order valence-corrected chi connectivity index (χ4v) is 2.11. The van der Waals surface area contributed by atoms with E-state index in [0.717, 1.165) is 32.8 Å². The molecule has 1 atom stereocenters. The minimum atomic E-state index is 0.251. The summed E-state index contributed by atoms with van der Waals surface area (Å²) in [5.74, 6) is 0.687. The van der Waals surface area contributed by atoms with Gasteiger partial charge in [0.15, 0.2) is 5.69 Å². The highest BCUT2D eigenvalue weighted by atomic mass is 16.5. The van der Waals surface area contributed by atoms with Crippen molar-refractivity contribution in [2.24, 2.45) is 0 Å². The van der Waals surface area contributed by atoms with Gasteiger partial charge >= 0.3 is 0 Å². The first kappa shape index (κ1) is 13.6. The van der Waals surface area contributed by atoms with E-state index in [4.69, 9.17) is 15.7 Å². The smallest absolute Gasteiger partial charge is 0.165 e. The monoisotopic (exact) mass is 261 g/mol. The molecule has 0 aliphatic carbocycles. The van der Waals surface area contributed by atoms with Gasteiger partial charge in [-0.25, -0.2) is 4.98 Å². The molecule has 0 aromatic carbocycles. The number of aromatic nitrogens is 1. The Morgan fingerprint density at radius 2 is 2.26 bits per heavy atom. The molecule has 1 aliphatic rings. The fraction of sp³-hybridized carbons (Fsp3) is 0.538. The number of nitrogens with one attached hydrogen (secondary N) is 1. The summed E-state index contributed by atoms with van der Waals surface area (Å²) in [4.78, 5) is 6.53. The molecule has 3 N–H and O–H groups in total. The maximum Gasteiger partial charge on any atom is 0.165 e. The van der Waals surface area contributed by atoms with Crippen LogP contribution in [0.15, 0.2) is 12.1 Å². The van der Waals surface area contributed by atoms with Crippen molar-refractivity contribution in [1.82, 2.24) is 9.88 Å². The van der Waals surface area contributed by atoms with Crippen LogP contribution < -0.4 is 11.1 Å². The Hall–Kier alpha value is -1.84. The molecule has 2 rings (SSSR count). The van der Waals surface area contributed by atoms with Crippen molar-refractivity contribution >= 4 is 11.5 Å². The van der Waals surface area contributed by atoms with E-state index in [2.05, 4.69) is 22.1 Å². The molecule has 2 heterocycles. The largest absolute Gasteiger partial charge is 0.396 e. The van der Waals surface area contributed by atoms with E-state index in [9.17, 15) is 0 Å². The Balaban J connectivity index is 1.91. The number of nitriles is 1. The number of ether oxygens (including phenoxy) is 1. The molecular weight excluding hydrogens is 242 g/mol. The number of rotatable bonds is 4. The van der Waals surface area contributed by atoms with Crippen LogP contribution in [0.25, 0.3) is 0 Å². The van der Waals surface area contributed by atoms with Gasteiger partial charge in [-0.2, -0.15) is 5.26 Å². The quantitative estimate of drug-likeness (QED) is 0.828. The van der Waals surface area contributed by atoms with Gasteiger partial charge in [-0.15, -0.1) is 0 Å². The molecule has 0 bridgehead atoms. The normalized spacial score (nSPS) is 17.7. The molecule has 1 aliphatic heterocycles. The first-order valence-corrected chi connectivity index (χ1v) is 6.42. The van der Waals surface area contributed by atoms with Crippen molar-refractivity contribution < 1.29 is 4.74 Å². The van der Waals surface area contributed by atoms with Crippen molar-refractivity contribution in [3.63, 3.8) is 0 Å². The van der Waals surface area contributed by atoms with E-state index >= 15 is 0 Å². The molecule has 1 unspecified atom stereocenters. The highest BCUT2D eigenvalue weighted by molar-refractivity contribution is 5.54. The zero-order valence-corrected chi connectivity index (χ0v) is 11.1. The van der Waals surface area contributed by atoms with E-state index in [0.29, 0.717) is 11.5 Å². The summed E-state index contributed by atoms with van der Waals surface area (Å²) in [6.45, 7) is 6.54. The van der Waals surface area contributed by atoms with Crippen molar-refractivity contribution in [2.75, 3.05) is 43.9 Å². The van der Waals surface area contributed by atoms with E-state index < -0.39 is 0 Å². The van der Waals surface area contributed by atoms with Crippen LogP contribution in [0, 0.1) is 11.3 Å². The van der Waals surface area contributed by atoms with Crippen LogP contribution in [0.4, 0.5) is 11.5 Å². The number of nitrogens with two attached hydrogens (primary N) is 1. The predicted molar refractivity (Wildman–Crippen MR) is 73.7 cm³/mol. The van der Waals surface area contributed by atoms with Crippen molar-refractivity contribution in [3.8, 4) is 6.07 Å². The van der Waals surface area contributed by atoms with Crippen molar-refractivity contribution in [3.05, 3.63) is 17.8 Å². The second kappa shape index (κ2) is 6.36. The number of nitrogens with zero attached hydrogens (tertiary/aromatic N) is 3. The van der Waals surface area contributed by atoms with Crippen LogP contribution in [-0.4, -0.2) is 48.8 Å². The van der Waals surface area contributed by atoms with Gasteiger partial charge in [-0.1, -0.05) is 0 Å². The molecule has 1 aromatic heterocycles. The molecule has 1 saturated heterocycles. The molecule has 0 saturated carbocycles. The van der Waals surface area contributed by atoms with Crippen LogP contribution in [0.1, 0.15) is 12.6 Å². The average molecular weight is 261 g/mol. The van der Waals surface area contributed by atoms with Crippen LogP contribution in [0.2, 0.25) is 0 Å². The summed E-state index contributed by atoms with van der Waals surface area (Å²) in [5, 5.41) is 12.2. The van der Waals surface area contributed by atoms with Crippen molar-refractivity contribution in [2.45, 2.75) is 13.0 Å². The summed E-state index contributed by atoms with van der Waals surface area (Å²) in [6, 6.07) is 5.74. The minimum Gasteiger partial charge on any atom is -0.396 e. The third-order valence-electron chi connectivity index (χ3n) is 3.06. The molecule has 6 nitrogen and oxygen atoms in total. The summed E-state index contributed by atoms with van der Waals surface area (Å²) < 4.78 is 5.32. The number of hydrogen-bond donors (Lipinski definition) is 2. The Bertz CT molecular complexity index is 465. The summed E-state index contributed by atoms with van der Waals surface area (Å²) in [6.07, 6.45) is 0. The van der Waals surface area contributed by atoms with Gasteiger partial charge in [0.2, 0.25) is 0 Å². The van der Waals surface area contributed by atoms with Crippen LogP contribution in [0.3, 0.4) is 0 Å². The van der Waals surface area contributed by atoms with Gasteiger partial charge in [0.05, 0.1) is 18.9 Å². The minimum absolute atomic E-state index is 0.251. The van der Waals surface area contributed by atoms with Gasteiger partial charge in [-0.05, 0) is 19.1 Å². The Morgan fingerprint density at radius 1 is 1.53 bits per heavy atom. The Labute approximate surface area is 113 Å².